The van der Waals surface area contributed by atoms with Gasteiger partial charge in [0, 0.05) is 12.5 Å². The Bertz CT molecular complexity index is 370. The number of carboxylic acids is 1. The van der Waals surface area contributed by atoms with E-state index in [1.807, 2.05) is 0 Å². The number of ketones is 1. The maximum atomic E-state index is 11.3. The number of Topliss-reactive ketones (excluding diaryl/α,β-unsaturated/α-hetero) is 1. The summed E-state index contributed by atoms with van der Waals surface area (Å²) in [6.07, 6.45) is -0.838. The molecule has 3 N–H and O–H groups in total. The molecule has 0 bridgehead atoms. The Morgan fingerprint density at radius 2 is 1.83 bits per heavy atom. The first-order chi connectivity index (χ1) is 8.03. The fourth-order valence-electron chi connectivity index (χ4n) is 1.09. The number of hydrogen-bond acceptors (Lipinski definition) is 5. The van der Waals surface area contributed by atoms with Gasteiger partial charge in [0.1, 0.15) is 5.60 Å². The number of amides is 1. The number of rotatable bonds is 5. The van der Waals surface area contributed by atoms with Crippen LogP contribution in [0.5, 0.6) is 0 Å². The molecular weight excluding hydrogens is 240 g/mol. The zero-order valence-corrected chi connectivity index (χ0v) is 10.9. The molecule has 0 spiro atoms. The van der Waals surface area contributed by atoms with Gasteiger partial charge < -0.3 is 20.6 Å². The minimum atomic E-state index is -1.68. The molecule has 1 atom stereocenters. The maximum Gasteiger partial charge on any atom is 0.407 e. The van der Waals surface area contributed by atoms with Crippen molar-refractivity contribution in [3.63, 3.8) is 0 Å². The van der Waals surface area contributed by atoms with Crippen molar-refractivity contribution in [3.8, 4) is 0 Å². The fraction of sp³-hybridized carbons (Fsp3) is 0.636. The van der Waals surface area contributed by atoms with Crippen molar-refractivity contribution in [2.24, 2.45) is 0 Å². The van der Waals surface area contributed by atoms with Crippen molar-refractivity contribution in [1.82, 2.24) is 5.32 Å². The molecule has 0 aromatic rings. The van der Waals surface area contributed by atoms with Crippen LogP contribution in [0.1, 0.15) is 34.1 Å². The van der Waals surface area contributed by atoms with Crippen LogP contribution in [0.25, 0.3) is 0 Å². The lowest BCUT2D eigenvalue weighted by atomic mass is 10.1. The molecule has 0 aromatic heterocycles. The molecular formula is C11H18N2O5. The molecule has 0 aliphatic rings. The molecule has 102 valence electrons. The van der Waals surface area contributed by atoms with Crippen LogP contribution in [0.15, 0.2) is 0 Å². The molecule has 0 fully saturated rings. The van der Waals surface area contributed by atoms with Crippen LogP contribution < -0.4 is 5.32 Å². The van der Waals surface area contributed by atoms with Crippen LogP contribution in [0, 0.1) is 5.41 Å². The third kappa shape index (κ3) is 6.62. The molecule has 7 nitrogen and oxygen atoms in total. The summed E-state index contributed by atoms with van der Waals surface area (Å²) in [5.74, 6) is -2.95. The minimum absolute atomic E-state index is 0.162. The highest BCUT2D eigenvalue weighted by atomic mass is 16.6. The van der Waals surface area contributed by atoms with Crippen molar-refractivity contribution in [2.45, 2.75) is 45.8 Å². The molecule has 7 heteroatoms. The molecule has 0 radical (unpaired) electrons. The Hall–Kier alpha value is -1.92. The van der Waals surface area contributed by atoms with Gasteiger partial charge in [-0.2, -0.15) is 0 Å². The highest BCUT2D eigenvalue weighted by molar-refractivity contribution is 6.62. The van der Waals surface area contributed by atoms with E-state index in [9.17, 15) is 14.4 Å². The predicted molar refractivity (Wildman–Crippen MR) is 63.8 cm³/mol. The van der Waals surface area contributed by atoms with Gasteiger partial charge >= 0.3 is 12.1 Å². The second kappa shape index (κ2) is 6.13. The summed E-state index contributed by atoms with van der Waals surface area (Å²) in [6, 6.07) is -0.560. The second-order valence-corrected chi connectivity index (χ2v) is 4.86. The van der Waals surface area contributed by atoms with Gasteiger partial charge in [0.25, 0.3) is 5.78 Å². The Balaban J connectivity index is 4.24. The Morgan fingerprint density at radius 1 is 1.33 bits per heavy atom. The van der Waals surface area contributed by atoms with Crippen LogP contribution in [-0.4, -0.2) is 40.3 Å². The van der Waals surface area contributed by atoms with E-state index >= 15 is 0 Å². The number of ether oxygens (including phenoxy) is 1. The molecule has 0 rings (SSSR count). The first-order valence-electron chi connectivity index (χ1n) is 5.37. The van der Waals surface area contributed by atoms with Crippen molar-refractivity contribution >= 4 is 23.6 Å². The first-order valence-corrected chi connectivity index (χ1v) is 5.37. The summed E-state index contributed by atoms with van der Waals surface area (Å²) in [7, 11) is 0. The fourth-order valence-corrected chi connectivity index (χ4v) is 1.09. The Labute approximate surface area is 105 Å². The number of carboxylic acid groups (broad SMARTS) is 1. The van der Waals surface area contributed by atoms with Gasteiger partial charge in [-0.1, -0.05) is 0 Å². The van der Waals surface area contributed by atoms with E-state index in [-0.39, 0.29) is 6.42 Å². The lowest BCUT2D eigenvalue weighted by molar-refractivity contribution is -0.146. The summed E-state index contributed by atoms with van der Waals surface area (Å²) in [6.45, 7) is 6.65. The van der Waals surface area contributed by atoms with E-state index in [4.69, 9.17) is 15.3 Å². The third-order valence-electron chi connectivity index (χ3n) is 1.74. The topological polar surface area (TPSA) is 117 Å². The van der Waals surface area contributed by atoms with Crippen LogP contribution in [-0.2, 0) is 14.3 Å². The number of hydrogen-bond donors (Lipinski definition) is 3. The highest BCUT2D eigenvalue weighted by Gasteiger charge is 2.22. The van der Waals surface area contributed by atoms with Crippen molar-refractivity contribution in [3.05, 3.63) is 0 Å². The van der Waals surface area contributed by atoms with E-state index in [0.717, 1.165) is 0 Å². The smallest absolute Gasteiger partial charge is 0.407 e. The van der Waals surface area contributed by atoms with Gasteiger partial charge in [-0.3, -0.25) is 4.79 Å². The number of alkyl carbamates (subject to hydrolysis) is 1. The molecule has 0 aliphatic heterocycles. The zero-order chi connectivity index (χ0) is 14.5. The van der Waals surface area contributed by atoms with Crippen molar-refractivity contribution < 1.29 is 24.2 Å². The normalized spacial score (nSPS) is 12.4. The predicted octanol–water partition coefficient (Wildman–Crippen LogP) is 0.963. The molecule has 18 heavy (non-hydrogen) atoms. The van der Waals surface area contributed by atoms with E-state index in [1.54, 1.807) is 27.7 Å². The molecule has 0 aliphatic carbocycles. The van der Waals surface area contributed by atoms with Gasteiger partial charge in [-0.05, 0) is 27.7 Å². The van der Waals surface area contributed by atoms with Gasteiger partial charge in [-0.15, -0.1) is 0 Å². The number of aliphatic carboxylic acids is 1. The summed E-state index contributed by atoms with van der Waals surface area (Å²) in [4.78, 5) is 32.6. The Kier molecular flexibility index (Phi) is 5.48. The van der Waals surface area contributed by atoms with Gasteiger partial charge in [-0.25, -0.2) is 9.59 Å². The quantitative estimate of drug-likeness (QED) is 0.501. The second-order valence-electron chi connectivity index (χ2n) is 4.86. The lowest BCUT2D eigenvalue weighted by Crippen LogP contribution is -2.39. The van der Waals surface area contributed by atoms with Gasteiger partial charge in [0.05, 0.1) is 5.71 Å². The van der Waals surface area contributed by atoms with Crippen LogP contribution in [0.4, 0.5) is 4.79 Å². The molecule has 0 aromatic carbocycles. The molecule has 0 saturated heterocycles. The number of carbonyl (C=O) groups excluding carboxylic acids is 2. The average molecular weight is 258 g/mol. The molecule has 1 amide bonds. The standard InChI is InChI=1S/C11H18N2O5/c1-6(5-7(12)8(14)9(15)16)13-10(17)18-11(2,3)4/h6,12H,5H2,1-4H3,(H,13,17)(H,15,16). The average Bonchev–Trinajstić information content (AvgIpc) is 2.12. The van der Waals surface area contributed by atoms with Crippen LogP contribution in [0.3, 0.4) is 0 Å². The van der Waals surface area contributed by atoms with Crippen molar-refractivity contribution in [1.29, 1.82) is 5.41 Å². The molecule has 0 heterocycles. The maximum absolute atomic E-state index is 11.3. The monoisotopic (exact) mass is 258 g/mol. The van der Waals surface area contributed by atoms with E-state index < -0.39 is 35.2 Å². The molecule has 1 unspecified atom stereocenters. The summed E-state index contributed by atoms with van der Waals surface area (Å²) >= 11 is 0. The van der Waals surface area contributed by atoms with E-state index in [0.29, 0.717) is 0 Å². The van der Waals surface area contributed by atoms with Gasteiger partial charge in [0.15, 0.2) is 0 Å². The minimum Gasteiger partial charge on any atom is -0.475 e. The number of carbonyl (C=O) groups is 3. The molecule has 0 saturated carbocycles. The highest BCUT2D eigenvalue weighted by Crippen LogP contribution is 2.07. The van der Waals surface area contributed by atoms with E-state index in [2.05, 4.69) is 5.32 Å². The summed E-state index contributed by atoms with van der Waals surface area (Å²) in [5.41, 5.74) is -1.21. The lowest BCUT2D eigenvalue weighted by Gasteiger charge is -2.21. The van der Waals surface area contributed by atoms with Crippen molar-refractivity contribution in [2.75, 3.05) is 0 Å². The summed E-state index contributed by atoms with van der Waals surface area (Å²) < 4.78 is 4.98. The zero-order valence-electron chi connectivity index (χ0n) is 10.9. The third-order valence-corrected chi connectivity index (χ3v) is 1.74. The van der Waals surface area contributed by atoms with E-state index in [1.165, 1.54) is 0 Å². The first kappa shape index (κ1) is 16.1. The SMILES string of the molecule is CC(CC(=N)C(=O)C(=O)O)NC(=O)OC(C)(C)C. The van der Waals surface area contributed by atoms with Crippen LogP contribution in [0.2, 0.25) is 0 Å². The largest absolute Gasteiger partial charge is 0.475 e. The van der Waals surface area contributed by atoms with Crippen LogP contribution >= 0.6 is 0 Å². The number of nitrogens with one attached hydrogen (secondary N) is 2. The summed E-state index contributed by atoms with van der Waals surface area (Å²) in [5, 5.41) is 18.1. The van der Waals surface area contributed by atoms with Gasteiger partial charge in [0.2, 0.25) is 0 Å². The Morgan fingerprint density at radius 3 is 2.22 bits per heavy atom.